The third-order valence-corrected chi connectivity index (χ3v) is 3.39. The van der Waals surface area contributed by atoms with Crippen LogP contribution in [-0.2, 0) is 4.79 Å². The van der Waals surface area contributed by atoms with Gasteiger partial charge in [0.1, 0.15) is 11.4 Å². The molecule has 0 radical (unpaired) electrons. The number of nitro benzene ring substituents is 1. The quantitative estimate of drug-likeness (QED) is 0.659. The van der Waals surface area contributed by atoms with E-state index in [1.807, 2.05) is 6.07 Å². The van der Waals surface area contributed by atoms with E-state index in [4.69, 9.17) is 21.6 Å². The molecule has 1 amide bonds. The Balaban J connectivity index is 2.11. The topological polar surface area (TPSA) is 105 Å². The number of halogens is 1. The summed E-state index contributed by atoms with van der Waals surface area (Å²) in [6, 6.07) is 12.1. The number of nitriles is 1. The average Bonchev–Trinajstić information content (AvgIpc) is 2.56. The van der Waals surface area contributed by atoms with Crippen molar-refractivity contribution in [2.75, 3.05) is 5.32 Å². The van der Waals surface area contributed by atoms with Gasteiger partial charge in [-0.15, -0.1) is 0 Å². The molecule has 7 nitrogen and oxygen atoms in total. The van der Waals surface area contributed by atoms with Gasteiger partial charge in [0.05, 0.1) is 21.6 Å². The van der Waals surface area contributed by atoms with Gasteiger partial charge in [-0.05, 0) is 31.2 Å². The summed E-state index contributed by atoms with van der Waals surface area (Å²) in [5.41, 5.74) is 0.229. The largest absolute Gasteiger partial charge is 0.479 e. The summed E-state index contributed by atoms with van der Waals surface area (Å²) < 4.78 is 5.46. The minimum absolute atomic E-state index is 0.0777. The summed E-state index contributed by atoms with van der Waals surface area (Å²) in [5.74, 6) is -0.328. The summed E-state index contributed by atoms with van der Waals surface area (Å²) in [6.07, 6.45) is -0.949. The van der Waals surface area contributed by atoms with E-state index in [1.54, 1.807) is 6.07 Å². The number of benzene rings is 2. The molecule has 122 valence electrons. The van der Waals surface area contributed by atoms with Gasteiger partial charge in [0.25, 0.3) is 11.6 Å². The van der Waals surface area contributed by atoms with Crippen molar-refractivity contribution in [1.29, 1.82) is 5.26 Å². The number of anilines is 1. The number of para-hydroxylation sites is 2. The number of nitrogens with zero attached hydrogens (tertiary/aromatic N) is 2. The lowest BCUT2D eigenvalue weighted by atomic mass is 10.2. The molecule has 0 aromatic heterocycles. The highest BCUT2D eigenvalue weighted by Gasteiger charge is 2.20. The van der Waals surface area contributed by atoms with Crippen molar-refractivity contribution in [3.05, 3.63) is 63.2 Å². The Morgan fingerprint density at radius 3 is 2.71 bits per heavy atom. The van der Waals surface area contributed by atoms with Gasteiger partial charge in [-0.1, -0.05) is 23.7 Å². The van der Waals surface area contributed by atoms with Crippen LogP contribution >= 0.6 is 11.6 Å². The second-order valence-electron chi connectivity index (χ2n) is 4.78. The van der Waals surface area contributed by atoms with E-state index in [-0.39, 0.29) is 22.1 Å². The maximum absolute atomic E-state index is 12.2. The van der Waals surface area contributed by atoms with Crippen LogP contribution in [-0.4, -0.2) is 16.9 Å². The van der Waals surface area contributed by atoms with Crippen molar-refractivity contribution in [2.45, 2.75) is 13.0 Å². The minimum Gasteiger partial charge on any atom is -0.479 e. The Labute approximate surface area is 142 Å². The summed E-state index contributed by atoms with van der Waals surface area (Å²) >= 11 is 5.99. The highest BCUT2D eigenvalue weighted by atomic mass is 35.5. The Kier molecular flexibility index (Phi) is 5.35. The number of hydrogen-bond donors (Lipinski definition) is 1. The van der Waals surface area contributed by atoms with Gasteiger partial charge in [0, 0.05) is 6.07 Å². The fourth-order valence-corrected chi connectivity index (χ4v) is 2.11. The first-order valence-corrected chi connectivity index (χ1v) is 7.20. The first-order chi connectivity index (χ1) is 11.4. The predicted octanol–water partition coefficient (Wildman–Crippen LogP) is 3.53. The lowest BCUT2D eigenvalue weighted by molar-refractivity contribution is -0.383. The maximum Gasteiger partial charge on any atom is 0.292 e. The molecule has 0 aliphatic heterocycles. The molecule has 0 saturated carbocycles. The van der Waals surface area contributed by atoms with E-state index in [0.29, 0.717) is 5.56 Å². The Morgan fingerprint density at radius 2 is 2.08 bits per heavy atom. The van der Waals surface area contributed by atoms with Crippen molar-refractivity contribution in [3.8, 4) is 11.8 Å². The van der Waals surface area contributed by atoms with E-state index >= 15 is 0 Å². The first-order valence-electron chi connectivity index (χ1n) is 6.83. The smallest absolute Gasteiger partial charge is 0.292 e. The number of rotatable bonds is 5. The van der Waals surface area contributed by atoms with Crippen molar-refractivity contribution < 1.29 is 14.5 Å². The molecule has 0 aliphatic carbocycles. The third kappa shape index (κ3) is 4.00. The molecule has 2 rings (SSSR count). The normalized spacial score (nSPS) is 11.2. The second kappa shape index (κ2) is 7.44. The lowest BCUT2D eigenvalue weighted by Crippen LogP contribution is -2.30. The molecule has 24 heavy (non-hydrogen) atoms. The number of amides is 1. The van der Waals surface area contributed by atoms with Gasteiger partial charge >= 0.3 is 0 Å². The van der Waals surface area contributed by atoms with E-state index in [0.717, 1.165) is 0 Å². The van der Waals surface area contributed by atoms with Crippen LogP contribution in [0.15, 0.2) is 42.5 Å². The number of carbonyl (C=O) groups excluding carboxylic acids is 1. The molecule has 8 heteroatoms. The molecule has 2 aromatic rings. The Morgan fingerprint density at radius 1 is 1.38 bits per heavy atom. The van der Waals surface area contributed by atoms with Crippen LogP contribution in [0.1, 0.15) is 12.5 Å². The van der Waals surface area contributed by atoms with Gasteiger partial charge in [-0.2, -0.15) is 5.26 Å². The highest BCUT2D eigenvalue weighted by Crippen LogP contribution is 2.27. The van der Waals surface area contributed by atoms with E-state index in [9.17, 15) is 14.9 Å². The number of carbonyl (C=O) groups is 1. The first kappa shape index (κ1) is 17.2. The van der Waals surface area contributed by atoms with Crippen LogP contribution in [0.5, 0.6) is 5.75 Å². The van der Waals surface area contributed by atoms with Crippen LogP contribution in [0.3, 0.4) is 0 Å². The summed E-state index contributed by atoms with van der Waals surface area (Å²) in [4.78, 5) is 22.5. The summed E-state index contributed by atoms with van der Waals surface area (Å²) in [5, 5.41) is 22.4. The van der Waals surface area contributed by atoms with Gasteiger partial charge in [-0.25, -0.2) is 0 Å². The molecule has 0 heterocycles. The minimum atomic E-state index is -0.949. The van der Waals surface area contributed by atoms with Crippen molar-refractivity contribution in [1.82, 2.24) is 0 Å². The molecule has 0 aliphatic rings. The van der Waals surface area contributed by atoms with Crippen molar-refractivity contribution in [3.63, 3.8) is 0 Å². The molecule has 1 atom stereocenters. The van der Waals surface area contributed by atoms with Crippen LogP contribution in [0.25, 0.3) is 0 Å². The van der Waals surface area contributed by atoms with E-state index in [2.05, 4.69) is 5.32 Å². The Hall–Kier alpha value is -3.11. The zero-order chi connectivity index (χ0) is 17.7. The van der Waals surface area contributed by atoms with Gasteiger partial charge in [0.15, 0.2) is 6.10 Å². The fraction of sp³-hybridized carbons (Fsp3) is 0.125. The molecular formula is C16H12ClN3O4. The zero-order valence-corrected chi connectivity index (χ0v) is 13.3. The lowest BCUT2D eigenvalue weighted by Gasteiger charge is -2.15. The van der Waals surface area contributed by atoms with Gasteiger partial charge < -0.3 is 10.1 Å². The zero-order valence-electron chi connectivity index (χ0n) is 12.5. The second-order valence-corrected chi connectivity index (χ2v) is 5.19. The molecule has 0 unspecified atom stereocenters. The average molecular weight is 346 g/mol. The fourth-order valence-electron chi connectivity index (χ4n) is 1.88. The standard InChI is InChI=1S/C16H12ClN3O4/c1-10(24-15-7-6-11(9-18)8-12(15)17)16(21)19-13-4-2-3-5-14(13)20(22)23/h2-8,10H,1H3,(H,19,21)/t10-/m1/s1. The summed E-state index contributed by atoms with van der Waals surface area (Å²) in [6.45, 7) is 1.48. The summed E-state index contributed by atoms with van der Waals surface area (Å²) in [7, 11) is 0. The molecular weight excluding hydrogens is 334 g/mol. The number of nitro groups is 1. The predicted molar refractivity (Wildman–Crippen MR) is 88.0 cm³/mol. The van der Waals surface area contributed by atoms with Crippen LogP contribution in [0.4, 0.5) is 11.4 Å². The van der Waals surface area contributed by atoms with Gasteiger partial charge in [0.2, 0.25) is 0 Å². The van der Waals surface area contributed by atoms with Gasteiger partial charge in [-0.3, -0.25) is 14.9 Å². The molecule has 0 spiro atoms. The van der Waals surface area contributed by atoms with Crippen LogP contribution in [0.2, 0.25) is 5.02 Å². The third-order valence-electron chi connectivity index (χ3n) is 3.09. The van der Waals surface area contributed by atoms with Crippen LogP contribution in [0, 0.1) is 21.4 Å². The monoisotopic (exact) mass is 345 g/mol. The Bertz CT molecular complexity index is 832. The van der Waals surface area contributed by atoms with E-state index < -0.39 is 16.9 Å². The number of nitrogens with one attached hydrogen (secondary N) is 1. The number of ether oxygens (including phenoxy) is 1. The van der Waals surface area contributed by atoms with Crippen molar-refractivity contribution >= 4 is 28.9 Å². The van der Waals surface area contributed by atoms with Crippen LogP contribution < -0.4 is 10.1 Å². The molecule has 0 saturated heterocycles. The SMILES string of the molecule is C[C@@H](Oc1ccc(C#N)cc1Cl)C(=O)Nc1ccccc1[N+](=O)[O-]. The molecule has 2 aromatic carbocycles. The van der Waals surface area contributed by atoms with Crippen molar-refractivity contribution in [2.24, 2.45) is 0 Å². The molecule has 1 N–H and O–H groups in total. The van der Waals surface area contributed by atoms with E-state index in [1.165, 1.54) is 43.3 Å². The molecule has 0 fully saturated rings. The number of hydrogen-bond acceptors (Lipinski definition) is 5. The molecule has 0 bridgehead atoms. The maximum atomic E-state index is 12.2. The highest BCUT2D eigenvalue weighted by molar-refractivity contribution is 6.32.